The first-order chi connectivity index (χ1) is 13.9. The highest BCUT2D eigenvalue weighted by Gasteiger charge is 2.23. The van der Waals surface area contributed by atoms with Gasteiger partial charge in [0, 0.05) is 24.7 Å². The molecule has 0 aliphatic heterocycles. The zero-order chi connectivity index (χ0) is 20.5. The van der Waals surface area contributed by atoms with Crippen molar-refractivity contribution in [3.8, 4) is 0 Å². The third-order valence-electron chi connectivity index (χ3n) is 5.24. The maximum Gasteiger partial charge on any atom is 0.260 e. The van der Waals surface area contributed by atoms with E-state index in [2.05, 4.69) is 4.98 Å². The summed E-state index contributed by atoms with van der Waals surface area (Å²) in [6, 6.07) is 7.96. The monoisotopic (exact) mass is 451 g/mol. The summed E-state index contributed by atoms with van der Waals surface area (Å²) in [6.45, 7) is 1.04. The van der Waals surface area contributed by atoms with Crippen molar-refractivity contribution in [2.24, 2.45) is 0 Å². The second-order valence-corrected chi connectivity index (χ2v) is 8.69. The fourth-order valence-corrected chi connectivity index (χ4v) is 4.70. The van der Waals surface area contributed by atoms with E-state index in [0.717, 1.165) is 36.7 Å². The molecule has 2 aromatic carbocycles. The molecular formula is C22H24ClF2N3OS. The first kappa shape index (κ1) is 22.6. The number of amides is 1. The van der Waals surface area contributed by atoms with Crippen molar-refractivity contribution in [2.45, 2.75) is 25.7 Å². The van der Waals surface area contributed by atoms with Gasteiger partial charge in [-0.2, -0.15) is 0 Å². The van der Waals surface area contributed by atoms with Crippen LogP contribution in [0.25, 0.3) is 10.2 Å². The Morgan fingerprint density at radius 3 is 2.53 bits per heavy atom. The van der Waals surface area contributed by atoms with Crippen molar-refractivity contribution in [1.82, 2.24) is 9.88 Å². The minimum atomic E-state index is -0.712. The number of nitrogens with zero attached hydrogens (tertiary/aromatic N) is 3. The molecule has 3 aromatic rings. The van der Waals surface area contributed by atoms with Crippen molar-refractivity contribution in [2.75, 3.05) is 32.1 Å². The number of carbonyl (C=O) groups is 1. The second-order valence-electron chi connectivity index (χ2n) is 7.68. The predicted molar refractivity (Wildman–Crippen MR) is 120 cm³/mol. The number of benzene rings is 2. The van der Waals surface area contributed by atoms with Crippen molar-refractivity contribution in [1.29, 1.82) is 0 Å². The van der Waals surface area contributed by atoms with Gasteiger partial charge in [0.2, 0.25) is 0 Å². The average molecular weight is 452 g/mol. The first-order valence-electron chi connectivity index (χ1n) is 9.76. The molecule has 1 amide bonds. The molecule has 0 spiro atoms. The van der Waals surface area contributed by atoms with Crippen LogP contribution < -0.4 is 4.90 Å². The molecule has 0 bridgehead atoms. The molecule has 1 aliphatic rings. The van der Waals surface area contributed by atoms with E-state index in [1.165, 1.54) is 23.6 Å². The van der Waals surface area contributed by atoms with E-state index in [1.54, 1.807) is 4.90 Å². The van der Waals surface area contributed by atoms with Crippen LogP contribution >= 0.6 is 23.7 Å². The lowest BCUT2D eigenvalue weighted by atomic mass is 9.90. The maximum absolute atomic E-state index is 14.1. The van der Waals surface area contributed by atoms with Gasteiger partial charge >= 0.3 is 0 Å². The van der Waals surface area contributed by atoms with Gasteiger partial charge in [-0.1, -0.05) is 17.4 Å². The SMILES string of the molecule is CN(C)CCN(C(=O)c1ccc2c(c1)CCCC2)c1nc2c(F)cc(F)cc2s1.Cl. The van der Waals surface area contributed by atoms with Crippen LogP contribution in [0.15, 0.2) is 30.3 Å². The smallest absolute Gasteiger partial charge is 0.260 e. The van der Waals surface area contributed by atoms with E-state index in [9.17, 15) is 13.6 Å². The molecule has 0 N–H and O–H groups in total. The number of aryl methyl sites for hydroxylation is 2. The van der Waals surface area contributed by atoms with E-state index >= 15 is 0 Å². The number of halogens is 3. The van der Waals surface area contributed by atoms with Crippen LogP contribution in [0.2, 0.25) is 0 Å². The highest BCUT2D eigenvalue weighted by atomic mass is 35.5. The number of hydrogen-bond acceptors (Lipinski definition) is 4. The molecule has 0 saturated heterocycles. The van der Waals surface area contributed by atoms with E-state index in [4.69, 9.17) is 0 Å². The molecule has 30 heavy (non-hydrogen) atoms. The highest BCUT2D eigenvalue weighted by Crippen LogP contribution is 2.32. The largest absolute Gasteiger partial charge is 0.308 e. The minimum absolute atomic E-state index is 0. The highest BCUT2D eigenvalue weighted by molar-refractivity contribution is 7.22. The Morgan fingerprint density at radius 2 is 1.80 bits per heavy atom. The standard InChI is InChI=1S/C22H23F2N3OS.ClH/c1-26(2)9-10-27(22-25-20-18(24)12-17(23)13-19(20)29-22)21(28)16-8-7-14-5-3-4-6-15(14)11-16;/h7-8,11-13H,3-6,9-10H2,1-2H3;1H. The zero-order valence-corrected chi connectivity index (χ0v) is 18.6. The van der Waals surface area contributed by atoms with Gasteiger partial charge in [0.1, 0.15) is 11.3 Å². The van der Waals surface area contributed by atoms with E-state index in [0.29, 0.717) is 28.5 Å². The van der Waals surface area contributed by atoms with Crippen LogP contribution in [0.4, 0.5) is 13.9 Å². The van der Waals surface area contributed by atoms with Gasteiger partial charge in [-0.25, -0.2) is 13.8 Å². The topological polar surface area (TPSA) is 36.4 Å². The Morgan fingerprint density at radius 1 is 1.07 bits per heavy atom. The number of aromatic nitrogens is 1. The van der Waals surface area contributed by atoms with Gasteiger partial charge < -0.3 is 4.90 Å². The molecule has 0 radical (unpaired) electrons. The van der Waals surface area contributed by atoms with Gasteiger partial charge in [0.05, 0.1) is 4.70 Å². The van der Waals surface area contributed by atoms with Gasteiger partial charge in [-0.15, -0.1) is 12.4 Å². The lowest BCUT2D eigenvalue weighted by Crippen LogP contribution is -2.36. The molecule has 0 fully saturated rings. The lowest BCUT2D eigenvalue weighted by molar-refractivity contribution is 0.0985. The second kappa shape index (κ2) is 9.37. The Hall–Kier alpha value is -2.09. The van der Waals surface area contributed by atoms with Crippen LogP contribution in [0.5, 0.6) is 0 Å². The number of anilines is 1. The molecule has 8 heteroatoms. The Kier molecular flexibility index (Phi) is 7.06. The number of rotatable bonds is 5. The fraction of sp³-hybridized carbons (Fsp3) is 0.364. The number of carbonyl (C=O) groups excluding carboxylic acids is 1. The molecule has 4 nitrogen and oxygen atoms in total. The summed E-state index contributed by atoms with van der Waals surface area (Å²) in [5.74, 6) is -1.53. The molecule has 0 unspecified atom stereocenters. The lowest BCUT2D eigenvalue weighted by Gasteiger charge is -2.23. The Bertz CT molecular complexity index is 1070. The van der Waals surface area contributed by atoms with Crippen LogP contribution in [0, 0.1) is 11.6 Å². The zero-order valence-electron chi connectivity index (χ0n) is 17.0. The molecular weight excluding hydrogens is 428 g/mol. The summed E-state index contributed by atoms with van der Waals surface area (Å²) in [5, 5.41) is 0.383. The van der Waals surface area contributed by atoms with E-state index in [1.807, 2.05) is 37.2 Å². The molecule has 160 valence electrons. The Labute approximate surface area is 184 Å². The number of thiazole rings is 1. The molecule has 1 aliphatic carbocycles. The fourth-order valence-electron chi connectivity index (χ4n) is 3.67. The van der Waals surface area contributed by atoms with Crippen molar-refractivity contribution < 1.29 is 13.6 Å². The van der Waals surface area contributed by atoms with E-state index in [-0.39, 0.29) is 23.8 Å². The predicted octanol–water partition coefficient (Wildman–Crippen LogP) is 5.08. The summed E-state index contributed by atoms with van der Waals surface area (Å²) < 4.78 is 28.1. The molecule has 1 heterocycles. The molecule has 4 rings (SSSR count). The quantitative estimate of drug-likeness (QED) is 0.542. The number of likely N-dealkylation sites (N-methyl/N-ethyl adjacent to an activating group) is 1. The van der Waals surface area contributed by atoms with Gasteiger partial charge in [-0.3, -0.25) is 9.69 Å². The Balaban J connectivity index is 0.00000256. The van der Waals surface area contributed by atoms with Crippen molar-refractivity contribution in [3.63, 3.8) is 0 Å². The summed E-state index contributed by atoms with van der Waals surface area (Å²) in [5.41, 5.74) is 3.24. The summed E-state index contributed by atoms with van der Waals surface area (Å²) in [7, 11) is 3.85. The van der Waals surface area contributed by atoms with Gasteiger partial charge in [0.15, 0.2) is 10.9 Å². The number of fused-ring (bicyclic) bond motifs is 2. The molecule has 0 atom stereocenters. The number of hydrogen-bond donors (Lipinski definition) is 0. The van der Waals surface area contributed by atoms with Crippen molar-refractivity contribution in [3.05, 3.63) is 58.7 Å². The maximum atomic E-state index is 14.1. The average Bonchev–Trinajstić information content (AvgIpc) is 3.11. The summed E-state index contributed by atoms with van der Waals surface area (Å²) in [6.07, 6.45) is 4.36. The first-order valence-corrected chi connectivity index (χ1v) is 10.6. The van der Waals surface area contributed by atoms with Crippen molar-refractivity contribution >= 4 is 45.0 Å². The van der Waals surface area contributed by atoms with Crippen LogP contribution in [-0.4, -0.2) is 43.0 Å². The van der Waals surface area contributed by atoms with Crippen LogP contribution in [0.1, 0.15) is 34.3 Å². The van der Waals surface area contributed by atoms with Gasteiger partial charge in [-0.05, 0) is 69.1 Å². The summed E-state index contributed by atoms with van der Waals surface area (Å²) in [4.78, 5) is 21.3. The van der Waals surface area contributed by atoms with Gasteiger partial charge in [0.25, 0.3) is 5.91 Å². The molecule has 0 saturated carbocycles. The minimum Gasteiger partial charge on any atom is -0.308 e. The molecule has 1 aromatic heterocycles. The normalized spacial score (nSPS) is 13.2. The third-order valence-corrected chi connectivity index (χ3v) is 6.27. The third kappa shape index (κ3) is 4.63. The van der Waals surface area contributed by atoms with E-state index < -0.39 is 11.6 Å². The summed E-state index contributed by atoms with van der Waals surface area (Å²) >= 11 is 1.13. The van der Waals surface area contributed by atoms with Crippen LogP contribution in [-0.2, 0) is 12.8 Å². The van der Waals surface area contributed by atoms with Crippen LogP contribution in [0.3, 0.4) is 0 Å².